The second kappa shape index (κ2) is 14.4. The summed E-state index contributed by atoms with van der Waals surface area (Å²) in [6, 6.07) is 9.24. The lowest BCUT2D eigenvalue weighted by atomic mass is 10.2. The highest BCUT2D eigenvalue weighted by atomic mass is 35.5. The van der Waals surface area contributed by atoms with Crippen molar-refractivity contribution in [3.8, 4) is 11.5 Å². The molecule has 202 valence electrons. The molecule has 2 aromatic rings. The van der Waals surface area contributed by atoms with E-state index in [-0.39, 0.29) is 58.2 Å². The third-order valence-corrected chi connectivity index (χ3v) is 7.42. The summed E-state index contributed by atoms with van der Waals surface area (Å²) in [5.74, 6) is -1.17. The van der Waals surface area contributed by atoms with Crippen LogP contribution in [0.15, 0.2) is 52.3 Å². The van der Waals surface area contributed by atoms with Crippen molar-refractivity contribution < 1.29 is 26.4 Å². The van der Waals surface area contributed by atoms with Crippen molar-refractivity contribution >= 4 is 56.5 Å². The fourth-order valence-corrected chi connectivity index (χ4v) is 4.83. The summed E-state index contributed by atoms with van der Waals surface area (Å²) in [6.07, 6.45) is 0.960. The topological polar surface area (TPSA) is 172 Å². The molecule has 0 unspecified atom stereocenters. The number of hydrogen-bond donors (Lipinski definition) is 4. The van der Waals surface area contributed by atoms with Gasteiger partial charge in [0.15, 0.2) is 15.8 Å². The number of halogens is 2. The number of guanidine groups is 1. The average Bonchev–Trinajstić information content (AvgIpc) is 2.76. The SMILES string of the molecule is CCN(CC)CCNS(=O)(=O)c1ccc(Oc2ccc(C(=O)NC(=N)N)cc2S(C)(=O)=O)cc1.Cl.Cl. The minimum Gasteiger partial charge on any atom is -0.456 e. The van der Waals surface area contributed by atoms with E-state index >= 15 is 0 Å². The Morgan fingerprint density at radius 2 is 1.61 bits per heavy atom. The molecule has 0 aliphatic rings. The van der Waals surface area contributed by atoms with Crippen LogP contribution in [-0.4, -0.2) is 66.0 Å². The number of hydrogen-bond acceptors (Lipinski definition) is 8. The van der Waals surface area contributed by atoms with Crippen molar-refractivity contribution in [2.75, 3.05) is 32.4 Å². The summed E-state index contributed by atoms with van der Waals surface area (Å²) in [5, 5.41) is 9.21. The lowest BCUT2D eigenvalue weighted by Crippen LogP contribution is -2.35. The molecule has 0 saturated carbocycles. The van der Waals surface area contributed by atoms with E-state index in [4.69, 9.17) is 15.9 Å². The predicted molar refractivity (Wildman–Crippen MR) is 143 cm³/mol. The second-order valence-corrected chi connectivity index (χ2v) is 11.1. The van der Waals surface area contributed by atoms with Gasteiger partial charge in [0.05, 0.1) is 4.90 Å². The normalized spacial score (nSPS) is 11.2. The smallest absolute Gasteiger partial charge is 0.257 e. The number of ether oxygens (including phenoxy) is 1. The number of sulfone groups is 1. The van der Waals surface area contributed by atoms with Gasteiger partial charge in [-0.1, -0.05) is 13.8 Å². The highest BCUT2D eigenvalue weighted by Crippen LogP contribution is 2.30. The molecule has 0 heterocycles. The van der Waals surface area contributed by atoms with E-state index in [0.717, 1.165) is 25.4 Å². The van der Waals surface area contributed by atoms with Crippen LogP contribution in [0.3, 0.4) is 0 Å². The number of nitrogens with two attached hydrogens (primary N) is 1. The minimum absolute atomic E-state index is 0. The predicted octanol–water partition coefficient (Wildman–Crippen LogP) is 1.97. The summed E-state index contributed by atoms with van der Waals surface area (Å²) in [6.45, 7) is 6.50. The summed E-state index contributed by atoms with van der Waals surface area (Å²) >= 11 is 0. The van der Waals surface area contributed by atoms with Crippen LogP contribution in [0.2, 0.25) is 0 Å². The van der Waals surface area contributed by atoms with E-state index in [9.17, 15) is 21.6 Å². The van der Waals surface area contributed by atoms with Gasteiger partial charge in [-0.05, 0) is 55.6 Å². The number of carbonyl (C=O) groups is 1. The quantitative estimate of drug-likeness (QED) is 0.229. The van der Waals surface area contributed by atoms with Crippen molar-refractivity contribution in [1.29, 1.82) is 5.41 Å². The first-order valence-corrected chi connectivity index (χ1v) is 13.7. The first-order valence-electron chi connectivity index (χ1n) is 10.4. The Morgan fingerprint density at radius 1 is 1.03 bits per heavy atom. The maximum absolute atomic E-state index is 12.5. The Kier molecular flexibility index (Phi) is 13.4. The van der Waals surface area contributed by atoms with Crippen LogP contribution in [0, 0.1) is 5.41 Å². The van der Waals surface area contributed by atoms with E-state index in [1.807, 2.05) is 13.8 Å². The van der Waals surface area contributed by atoms with Crippen LogP contribution in [0.25, 0.3) is 0 Å². The van der Waals surface area contributed by atoms with Gasteiger partial charge in [0, 0.05) is 24.9 Å². The fraction of sp³-hybridized carbons (Fsp3) is 0.333. The zero-order chi connectivity index (χ0) is 25.5. The monoisotopic (exact) mass is 583 g/mol. The van der Waals surface area contributed by atoms with E-state index in [2.05, 4.69) is 14.9 Å². The van der Waals surface area contributed by atoms with Crippen molar-refractivity contribution in [2.45, 2.75) is 23.6 Å². The van der Waals surface area contributed by atoms with Crippen molar-refractivity contribution in [3.63, 3.8) is 0 Å². The number of nitrogens with one attached hydrogen (secondary N) is 3. The van der Waals surface area contributed by atoms with Crippen LogP contribution < -0.4 is 20.5 Å². The molecule has 11 nitrogen and oxygen atoms in total. The molecule has 1 amide bonds. The largest absolute Gasteiger partial charge is 0.456 e. The molecule has 36 heavy (non-hydrogen) atoms. The zero-order valence-electron chi connectivity index (χ0n) is 20.0. The molecular weight excluding hydrogens is 553 g/mol. The number of likely N-dealkylation sites (N-methyl/N-ethyl adjacent to an activating group) is 1. The maximum Gasteiger partial charge on any atom is 0.257 e. The van der Waals surface area contributed by atoms with Crippen LogP contribution in [-0.2, 0) is 19.9 Å². The Morgan fingerprint density at radius 3 is 2.11 bits per heavy atom. The molecule has 5 N–H and O–H groups in total. The molecule has 15 heteroatoms. The van der Waals surface area contributed by atoms with E-state index in [1.54, 1.807) is 0 Å². The number of nitrogens with zero attached hydrogens (tertiary/aromatic N) is 1. The molecule has 0 atom stereocenters. The van der Waals surface area contributed by atoms with Crippen LogP contribution >= 0.6 is 24.8 Å². The molecule has 0 aromatic heterocycles. The second-order valence-electron chi connectivity index (χ2n) is 7.30. The van der Waals surface area contributed by atoms with Crippen LogP contribution in [0.4, 0.5) is 0 Å². The van der Waals surface area contributed by atoms with Crippen LogP contribution in [0.5, 0.6) is 11.5 Å². The number of sulfonamides is 1. The molecule has 0 fully saturated rings. The van der Waals surface area contributed by atoms with Gasteiger partial charge in [-0.3, -0.25) is 15.5 Å². The minimum atomic E-state index is -3.79. The fourth-order valence-electron chi connectivity index (χ4n) is 2.99. The highest BCUT2D eigenvalue weighted by molar-refractivity contribution is 7.90. The number of rotatable bonds is 11. The van der Waals surface area contributed by atoms with Gasteiger partial charge in [-0.2, -0.15) is 0 Å². The van der Waals surface area contributed by atoms with E-state index in [1.165, 1.54) is 36.4 Å². The summed E-state index contributed by atoms with van der Waals surface area (Å²) < 4.78 is 57.7. The maximum atomic E-state index is 12.5. The number of carbonyl (C=O) groups excluding carboxylic acids is 1. The third kappa shape index (κ3) is 9.56. The molecule has 2 aromatic carbocycles. The zero-order valence-corrected chi connectivity index (χ0v) is 23.2. The number of amides is 1. The van der Waals surface area contributed by atoms with Gasteiger partial charge in [0.25, 0.3) is 5.91 Å². The Bertz CT molecular complexity index is 1250. The van der Waals surface area contributed by atoms with Gasteiger partial charge in [-0.25, -0.2) is 21.6 Å². The Balaban J connectivity index is 0.00000612. The van der Waals surface area contributed by atoms with E-state index < -0.39 is 31.7 Å². The summed E-state index contributed by atoms with van der Waals surface area (Å²) in [7, 11) is -7.51. The summed E-state index contributed by atoms with van der Waals surface area (Å²) in [5.41, 5.74) is 5.11. The van der Waals surface area contributed by atoms with Crippen molar-refractivity contribution in [3.05, 3.63) is 48.0 Å². The Labute approximate surface area is 224 Å². The molecule has 2 rings (SSSR count). The van der Waals surface area contributed by atoms with Crippen molar-refractivity contribution in [2.24, 2.45) is 5.73 Å². The van der Waals surface area contributed by atoms with Gasteiger partial charge in [-0.15, -0.1) is 24.8 Å². The third-order valence-electron chi connectivity index (χ3n) is 4.83. The molecule has 0 spiro atoms. The molecule has 0 bridgehead atoms. The van der Waals surface area contributed by atoms with Gasteiger partial charge < -0.3 is 15.4 Å². The van der Waals surface area contributed by atoms with Gasteiger partial charge in [0.1, 0.15) is 16.4 Å². The van der Waals surface area contributed by atoms with Gasteiger partial charge in [0.2, 0.25) is 10.0 Å². The lowest BCUT2D eigenvalue weighted by molar-refractivity contribution is 0.0976. The molecular formula is C21H31Cl2N5O6S2. The van der Waals surface area contributed by atoms with Crippen LogP contribution in [0.1, 0.15) is 24.2 Å². The molecule has 0 saturated heterocycles. The van der Waals surface area contributed by atoms with E-state index in [0.29, 0.717) is 6.54 Å². The lowest BCUT2D eigenvalue weighted by Gasteiger charge is -2.18. The first-order chi connectivity index (χ1) is 15.9. The van der Waals surface area contributed by atoms with Crippen molar-refractivity contribution in [1.82, 2.24) is 14.9 Å². The molecule has 0 aliphatic carbocycles. The standard InChI is InChI=1S/C21H29N5O6S2.2ClH/c1-4-26(5-2)13-12-24-34(30,31)17-9-7-16(8-10-17)32-18-11-6-15(20(27)25-21(22)23)14-19(18)33(3,28)29;;/h6-11,14,24H,4-5,12-13H2,1-3H3,(H4,22,23,25,27);2*1H. The highest BCUT2D eigenvalue weighted by Gasteiger charge is 2.20. The van der Waals surface area contributed by atoms with Gasteiger partial charge >= 0.3 is 0 Å². The first kappa shape index (κ1) is 33.6. The Hall–Kier alpha value is -2.42. The summed E-state index contributed by atoms with van der Waals surface area (Å²) in [4.78, 5) is 13.9. The molecule has 0 aliphatic heterocycles. The number of benzene rings is 2. The molecule has 0 radical (unpaired) electrons. The average molecular weight is 585 g/mol.